The number of nitro groups is 1. The summed E-state index contributed by atoms with van der Waals surface area (Å²) in [5.74, 6) is -1.30. The average molecular weight is 459 g/mol. The van der Waals surface area contributed by atoms with Crippen LogP contribution in [0.4, 0.5) is 16.2 Å². The molecule has 168 valence electrons. The first kappa shape index (κ1) is 23.2. The van der Waals surface area contributed by atoms with Gasteiger partial charge in [0.15, 0.2) is 0 Å². The number of non-ortho nitro benzene ring substituents is 1. The van der Waals surface area contributed by atoms with Gasteiger partial charge in [0.2, 0.25) is 5.91 Å². The summed E-state index contributed by atoms with van der Waals surface area (Å²) in [5, 5.41) is 16.1. The standard InChI is InChI=1S/C22H23ClN4O5/c1-21(2,3)13-5-7-14(8-6-13)22(4)19(29)26(20(30)25-22)12-18(28)24-17-11-15(27(31)32)9-10-16(17)23/h5-11H,12H2,1-4H3,(H,24,28)(H,25,30)/t22-/m0/s1. The summed E-state index contributed by atoms with van der Waals surface area (Å²) in [5.41, 5.74) is 0.0293. The molecule has 1 fully saturated rings. The van der Waals surface area contributed by atoms with Crippen LogP contribution in [-0.4, -0.2) is 34.2 Å². The third-order valence-electron chi connectivity index (χ3n) is 5.34. The van der Waals surface area contributed by atoms with Gasteiger partial charge in [0.25, 0.3) is 11.6 Å². The minimum Gasteiger partial charge on any atom is -0.323 e. The Kier molecular flexibility index (Phi) is 5.97. The SMILES string of the molecule is CC(C)(C)c1ccc([C@]2(C)NC(=O)N(CC(=O)Nc3cc([N+](=O)[O-])ccc3Cl)C2=O)cc1. The van der Waals surface area contributed by atoms with Crippen molar-refractivity contribution in [3.8, 4) is 0 Å². The van der Waals surface area contributed by atoms with Crippen molar-refractivity contribution in [1.82, 2.24) is 10.2 Å². The first-order valence-electron chi connectivity index (χ1n) is 9.82. The fourth-order valence-electron chi connectivity index (χ4n) is 3.40. The van der Waals surface area contributed by atoms with Crippen LogP contribution >= 0.6 is 11.6 Å². The first-order valence-corrected chi connectivity index (χ1v) is 10.2. The van der Waals surface area contributed by atoms with E-state index in [2.05, 4.69) is 31.4 Å². The molecule has 32 heavy (non-hydrogen) atoms. The van der Waals surface area contributed by atoms with Gasteiger partial charge in [-0.25, -0.2) is 4.79 Å². The van der Waals surface area contributed by atoms with Gasteiger partial charge in [-0.15, -0.1) is 0 Å². The van der Waals surface area contributed by atoms with Gasteiger partial charge in [-0.3, -0.25) is 24.6 Å². The van der Waals surface area contributed by atoms with Crippen molar-refractivity contribution in [2.75, 3.05) is 11.9 Å². The molecule has 1 aliphatic rings. The zero-order valence-corrected chi connectivity index (χ0v) is 18.8. The second kappa shape index (κ2) is 8.23. The molecule has 2 aromatic carbocycles. The van der Waals surface area contributed by atoms with Crippen molar-refractivity contribution in [1.29, 1.82) is 0 Å². The summed E-state index contributed by atoms with van der Waals surface area (Å²) in [6.07, 6.45) is 0. The van der Waals surface area contributed by atoms with Crippen molar-refractivity contribution in [3.05, 3.63) is 68.7 Å². The van der Waals surface area contributed by atoms with Crippen LogP contribution in [0.2, 0.25) is 5.02 Å². The lowest BCUT2D eigenvalue weighted by atomic mass is 9.84. The monoisotopic (exact) mass is 458 g/mol. The molecule has 0 aromatic heterocycles. The highest BCUT2D eigenvalue weighted by Crippen LogP contribution is 2.31. The number of imide groups is 1. The van der Waals surface area contributed by atoms with Gasteiger partial charge >= 0.3 is 6.03 Å². The van der Waals surface area contributed by atoms with Gasteiger partial charge < -0.3 is 10.6 Å². The fraction of sp³-hybridized carbons (Fsp3) is 0.318. The molecule has 1 heterocycles. The van der Waals surface area contributed by atoms with E-state index in [1.165, 1.54) is 12.1 Å². The Morgan fingerprint density at radius 2 is 1.81 bits per heavy atom. The smallest absolute Gasteiger partial charge is 0.323 e. The van der Waals surface area contributed by atoms with E-state index in [1.807, 2.05) is 12.1 Å². The Bertz CT molecular complexity index is 1110. The summed E-state index contributed by atoms with van der Waals surface area (Å²) in [6, 6.07) is 10.2. The number of nitrogens with zero attached hydrogens (tertiary/aromatic N) is 2. The molecule has 0 spiro atoms. The van der Waals surface area contributed by atoms with E-state index in [0.717, 1.165) is 16.5 Å². The molecule has 0 saturated carbocycles. The van der Waals surface area contributed by atoms with Gasteiger partial charge in [0, 0.05) is 12.1 Å². The molecule has 1 atom stereocenters. The van der Waals surface area contributed by atoms with Gasteiger partial charge in [-0.1, -0.05) is 56.6 Å². The topological polar surface area (TPSA) is 122 Å². The number of carbonyl (C=O) groups is 3. The lowest BCUT2D eigenvalue weighted by Gasteiger charge is -2.24. The third-order valence-corrected chi connectivity index (χ3v) is 5.67. The quantitative estimate of drug-likeness (QED) is 0.399. The van der Waals surface area contributed by atoms with E-state index in [0.29, 0.717) is 5.56 Å². The maximum absolute atomic E-state index is 13.1. The number of hydrogen-bond acceptors (Lipinski definition) is 5. The Hall–Kier alpha value is -3.46. The molecule has 1 saturated heterocycles. The summed E-state index contributed by atoms with van der Waals surface area (Å²) >= 11 is 5.99. The van der Waals surface area contributed by atoms with E-state index >= 15 is 0 Å². The fourth-order valence-corrected chi connectivity index (χ4v) is 3.56. The predicted octanol–water partition coefficient (Wildman–Crippen LogP) is 3.95. The summed E-state index contributed by atoms with van der Waals surface area (Å²) in [7, 11) is 0. The molecule has 0 radical (unpaired) electrons. The molecule has 0 unspecified atom stereocenters. The Morgan fingerprint density at radius 3 is 2.38 bits per heavy atom. The molecule has 9 nitrogen and oxygen atoms in total. The largest absolute Gasteiger partial charge is 0.325 e. The third kappa shape index (κ3) is 4.43. The number of rotatable bonds is 5. The lowest BCUT2D eigenvalue weighted by Crippen LogP contribution is -2.42. The number of benzene rings is 2. The molecule has 1 aliphatic heterocycles. The molecule has 3 rings (SSSR count). The highest BCUT2D eigenvalue weighted by molar-refractivity contribution is 6.33. The van der Waals surface area contributed by atoms with Crippen molar-refractivity contribution in [2.24, 2.45) is 0 Å². The van der Waals surface area contributed by atoms with Crippen LogP contribution in [0.1, 0.15) is 38.8 Å². The molecule has 0 aliphatic carbocycles. The minimum atomic E-state index is -1.32. The van der Waals surface area contributed by atoms with Crippen LogP contribution in [0.3, 0.4) is 0 Å². The number of urea groups is 1. The number of nitrogens with one attached hydrogen (secondary N) is 2. The zero-order valence-electron chi connectivity index (χ0n) is 18.1. The lowest BCUT2D eigenvalue weighted by molar-refractivity contribution is -0.384. The van der Waals surface area contributed by atoms with Crippen LogP contribution in [0.25, 0.3) is 0 Å². The molecule has 2 N–H and O–H groups in total. The maximum Gasteiger partial charge on any atom is 0.325 e. The number of anilines is 1. The second-order valence-corrected chi connectivity index (χ2v) is 9.15. The highest BCUT2D eigenvalue weighted by atomic mass is 35.5. The zero-order chi connectivity index (χ0) is 23.8. The second-order valence-electron chi connectivity index (χ2n) is 8.74. The number of halogens is 1. The van der Waals surface area contributed by atoms with Crippen molar-refractivity contribution in [2.45, 2.75) is 38.6 Å². The van der Waals surface area contributed by atoms with Gasteiger partial charge in [0.05, 0.1) is 15.6 Å². The van der Waals surface area contributed by atoms with Crippen molar-refractivity contribution >= 4 is 40.8 Å². The van der Waals surface area contributed by atoms with Crippen LogP contribution in [0, 0.1) is 10.1 Å². The summed E-state index contributed by atoms with van der Waals surface area (Å²) in [6.45, 7) is 7.22. The van der Waals surface area contributed by atoms with E-state index in [-0.39, 0.29) is 21.8 Å². The van der Waals surface area contributed by atoms with Gasteiger partial charge in [0.1, 0.15) is 12.1 Å². The number of nitro benzene ring substituents is 1. The van der Waals surface area contributed by atoms with Gasteiger partial charge in [-0.2, -0.15) is 0 Å². The van der Waals surface area contributed by atoms with Crippen LogP contribution in [0.15, 0.2) is 42.5 Å². The number of amides is 4. The summed E-state index contributed by atoms with van der Waals surface area (Å²) in [4.78, 5) is 49.2. The van der Waals surface area contributed by atoms with Crippen molar-refractivity contribution in [3.63, 3.8) is 0 Å². The average Bonchev–Trinajstić information content (AvgIpc) is 2.93. The van der Waals surface area contributed by atoms with Crippen LogP contribution < -0.4 is 10.6 Å². The molecule has 4 amide bonds. The van der Waals surface area contributed by atoms with Crippen LogP contribution in [-0.2, 0) is 20.5 Å². The normalized spacial score (nSPS) is 18.5. The number of hydrogen-bond donors (Lipinski definition) is 2. The predicted molar refractivity (Wildman–Crippen MR) is 119 cm³/mol. The first-order chi connectivity index (χ1) is 14.8. The molecular weight excluding hydrogens is 436 g/mol. The molecule has 2 aromatic rings. The maximum atomic E-state index is 13.1. The summed E-state index contributed by atoms with van der Waals surface area (Å²) < 4.78 is 0. The van der Waals surface area contributed by atoms with E-state index in [4.69, 9.17) is 11.6 Å². The molecule has 0 bridgehead atoms. The highest BCUT2D eigenvalue weighted by Gasteiger charge is 2.49. The van der Waals surface area contributed by atoms with E-state index in [9.17, 15) is 24.5 Å². The van der Waals surface area contributed by atoms with Gasteiger partial charge in [-0.05, 0) is 29.5 Å². The van der Waals surface area contributed by atoms with E-state index in [1.54, 1.807) is 19.1 Å². The van der Waals surface area contributed by atoms with Crippen LogP contribution in [0.5, 0.6) is 0 Å². The molecule has 10 heteroatoms. The molecular formula is C22H23ClN4O5. The van der Waals surface area contributed by atoms with Crippen molar-refractivity contribution < 1.29 is 19.3 Å². The van der Waals surface area contributed by atoms with E-state index < -0.39 is 34.9 Å². The Labute approximate surface area is 189 Å². The minimum absolute atomic E-state index is 0.0125. The Balaban J connectivity index is 1.77. The number of carbonyl (C=O) groups excluding carboxylic acids is 3. The Morgan fingerprint density at radius 1 is 1.19 bits per heavy atom.